The molecule has 1 aliphatic rings. The summed E-state index contributed by atoms with van der Waals surface area (Å²) in [6.45, 7) is 2.26. The van der Waals surface area contributed by atoms with Crippen LogP contribution in [0.25, 0.3) is 10.9 Å². The number of piperidine rings is 1. The summed E-state index contributed by atoms with van der Waals surface area (Å²) < 4.78 is 2.19. The summed E-state index contributed by atoms with van der Waals surface area (Å²) in [5.41, 5.74) is 2.70. The molecule has 2 heterocycles. The number of benzene rings is 1. The number of hydrogen-bond donors (Lipinski definition) is 1. The maximum atomic E-state index is 6.06. The van der Waals surface area contributed by atoms with Gasteiger partial charge in [0.25, 0.3) is 0 Å². The van der Waals surface area contributed by atoms with Crippen molar-refractivity contribution in [3.8, 4) is 0 Å². The third-order valence-corrected chi connectivity index (χ3v) is 3.96. The van der Waals surface area contributed by atoms with Crippen molar-refractivity contribution in [3.63, 3.8) is 0 Å². The van der Waals surface area contributed by atoms with Gasteiger partial charge in [-0.1, -0.05) is 17.7 Å². The molecule has 1 saturated heterocycles. The molecule has 3 heteroatoms. The van der Waals surface area contributed by atoms with Gasteiger partial charge in [0.2, 0.25) is 0 Å². The van der Waals surface area contributed by atoms with E-state index in [1.165, 1.54) is 29.3 Å². The van der Waals surface area contributed by atoms with E-state index in [1.54, 1.807) is 0 Å². The largest absolute Gasteiger partial charge is 0.350 e. The maximum absolute atomic E-state index is 6.06. The first kappa shape index (κ1) is 11.1. The van der Waals surface area contributed by atoms with Crippen LogP contribution in [0.1, 0.15) is 24.3 Å². The van der Waals surface area contributed by atoms with Gasteiger partial charge in [-0.25, -0.2) is 0 Å². The molecule has 1 unspecified atom stereocenters. The molecule has 1 aliphatic heterocycles. The lowest BCUT2D eigenvalue weighted by Gasteiger charge is -2.22. The van der Waals surface area contributed by atoms with Crippen molar-refractivity contribution in [2.75, 3.05) is 13.1 Å². The highest BCUT2D eigenvalue weighted by Gasteiger charge is 2.19. The second-order valence-electron chi connectivity index (χ2n) is 4.90. The molecule has 0 radical (unpaired) electrons. The Morgan fingerprint density at radius 2 is 2.29 bits per heavy atom. The molecule has 0 aliphatic carbocycles. The molecular weight excluding hydrogens is 232 g/mol. The molecule has 1 fully saturated rings. The molecule has 90 valence electrons. The van der Waals surface area contributed by atoms with E-state index in [4.69, 9.17) is 11.6 Å². The van der Waals surface area contributed by atoms with Gasteiger partial charge < -0.3 is 9.88 Å². The zero-order valence-electron chi connectivity index (χ0n) is 10.0. The van der Waals surface area contributed by atoms with E-state index in [-0.39, 0.29) is 0 Å². The van der Waals surface area contributed by atoms with Crippen LogP contribution in [0.2, 0.25) is 5.02 Å². The Kier molecular flexibility index (Phi) is 2.85. The van der Waals surface area contributed by atoms with Gasteiger partial charge in [0.15, 0.2) is 0 Å². The minimum absolute atomic E-state index is 0.647. The second kappa shape index (κ2) is 4.35. The summed E-state index contributed by atoms with van der Waals surface area (Å²) in [6, 6.07) is 6.20. The van der Waals surface area contributed by atoms with Crippen LogP contribution in [-0.4, -0.2) is 17.7 Å². The smallest absolute Gasteiger partial charge is 0.0495 e. The molecule has 3 rings (SSSR count). The normalized spacial score (nSPS) is 20.9. The van der Waals surface area contributed by atoms with Crippen LogP contribution in [0, 0.1) is 0 Å². The summed E-state index contributed by atoms with van der Waals surface area (Å²) in [4.78, 5) is 0. The zero-order chi connectivity index (χ0) is 11.8. The minimum atomic E-state index is 0.647. The summed E-state index contributed by atoms with van der Waals surface area (Å²) in [5, 5.41) is 5.65. The van der Waals surface area contributed by atoms with E-state index in [0.29, 0.717) is 5.92 Å². The van der Waals surface area contributed by atoms with E-state index in [9.17, 15) is 0 Å². The number of nitrogens with zero attached hydrogens (tertiary/aromatic N) is 1. The molecule has 2 nitrogen and oxygen atoms in total. The molecule has 0 bridgehead atoms. The Morgan fingerprint density at radius 3 is 3.06 bits per heavy atom. The van der Waals surface area contributed by atoms with Crippen molar-refractivity contribution in [1.82, 2.24) is 9.88 Å². The second-order valence-corrected chi connectivity index (χ2v) is 5.34. The van der Waals surface area contributed by atoms with E-state index in [2.05, 4.69) is 35.3 Å². The third-order valence-electron chi connectivity index (χ3n) is 3.72. The SMILES string of the molecule is Cn1cc(C2CCCNC2)c2ccc(Cl)cc21. The van der Waals surface area contributed by atoms with Gasteiger partial charge in [0.05, 0.1) is 0 Å². The van der Waals surface area contributed by atoms with Crippen molar-refractivity contribution in [3.05, 3.63) is 35.0 Å². The van der Waals surface area contributed by atoms with Crippen molar-refractivity contribution >= 4 is 22.5 Å². The Balaban J connectivity index is 2.10. The van der Waals surface area contributed by atoms with Crippen molar-refractivity contribution in [2.24, 2.45) is 7.05 Å². The predicted octanol–water partition coefficient (Wildman–Crippen LogP) is 3.30. The molecule has 1 aromatic heterocycles. The minimum Gasteiger partial charge on any atom is -0.350 e. The number of aryl methyl sites for hydroxylation is 1. The molecule has 1 N–H and O–H groups in total. The fraction of sp³-hybridized carbons (Fsp3) is 0.429. The standard InChI is InChI=1S/C14H17ClN2/c1-17-9-13(10-3-2-6-16-8-10)12-5-4-11(15)7-14(12)17/h4-5,7,9-10,16H,2-3,6,8H2,1H3. The van der Waals surface area contributed by atoms with Gasteiger partial charge in [-0.3, -0.25) is 0 Å². The summed E-state index contributed by atoms with van der Waals surface area (Å²) in [5.74, 6) is 0.647. The maximum Gasteiger partial charge on any atom is 0.0495 e. The number of halogens is 1. The molecule has 17 heavy (non-hydrogen) atoms. The van der Waals surface area contributed by atoms with Crippen LogP contribution in [-0.2, 0) is 7.05 Å². The summed E-state index contributed by atoms with van der Waals surface area (Å²) >= 11 is 6.06. The summed E-state index contributed by atoms with van der Waals surface area (Å²) in [7, 11) is 2.10. The van der Waals surface area contributed by atoms with E-state index < -0.39 is 0 Å². The first-order valence-electron chi connectivity index (χ1n) is 6.21. The molecule has 1 atom stereocenters. The molecule has 1 aromatic carbocycles. The van der Waals surface area contributed by atoms with Gasteiger partial charge in [0, 0.05) is 35.7 Å². The fourth-order valence-corrected chi connectivity index (χ4v) is 3.00. The van der Waals surface area contributed by atoms with Crippen molar-refractivity contribution in [2.45, 2.75) is 18.8 Å². The lowest BCUT2D eigenvalue weighted by Crippen LogP contribution is -2.28. The van der Waals surface area contributed by atoms with Crippen LogP contribution in [0.4, 0.5) is 0 Å². The van der Waals surface area contributed by atoms with Gasteiger partial charge >= 0.3 is 0 Å². The van der Waals surface area contributed by atoms with E-state index in [0.717, 1.165) is 18.1 Å². The number of nitrogens with one attached hydrogen (secondary N) is 1. The Labute approximate surface area is 107 Å². The van der Waals surface area contributed by atoms with E-state index in [1.807, 2.05) is 6.07 Å². The average Bonchev–Trinajstić information content (AvgIpc) is 2.68. The number of fused-ring (bicyclic) bond motifs is 1. The van der Waals surface area contributed by atoms with Gasteiger partial charge in [0.1, 0.15) is 0 Å². The quantitative estimate of drug-likeness (QED) is 0.820. The van der Waals surface area contributed by atoms with Crippen LogP contribution in [0.15, 0.2) is 24.4 Å². The monoisotopic (exact) mass is 248 g/mol. The molecular formula is C14H17ClN2. The fourth-order valence-electron chi connectivity index (χ4n) is 2.83. The van der Waals surface area contributed by atoms with Crippen LogP contribution >= 0.6 is 11.6 Å². The van der Waals surface area contributed by atoms with Crippen molar-refractivity contribution in [1.29, 1.82) is 0 Å². The van der Waals surface area contributed by atoms with Gasteiger partial charge in [-0.05, 0) is 43.0 Å². The van der Waals surface area contributed by atoms with Gasteiger partial charge in [-0.15, -0.1) is 0 Å². The lowest BCUT2D eigenvalue weighted by atomic mass is 9.91. The predicted molar refractivity (Wildman–Crippen MR) is 72.8 cm³/mol. The molecule has 0 saturated carbocycles. The van der Waals surface area contributed by atoms with Crippen LogP contribution in [0.5, 0.6) is 0 Å². The Hall–Kier alpha value is -0.990. The zero-order valence-corrected chi connectivity index (χ0v) is 10.8. The number of rotatable bonds is 1. The first-order chi connectivity index (χ1) is 8.25. The van der Waals surface area contributed by atoms with Crippen LogP contribution < -0.4 is 5.32 Å². The summed E-state index contributed by atoms with van der Waals surface area (Å²) in [6.07, 6.45) is 4.82. The molecule has 0 spiro atoms. The van der Waals surface area contributed by atoms with Crippen LogP contribution in [0.3, 0.4) is 0 Å². The van der Waals surface area contributed by atoms with Gasteiger partial charge in [-0.2, -0.15) is 0 Å². The molecule has 2 aromatic rings. The highest BCUT2D eigenvalue weighted by Crippen LogP contribution is 2.32. The topological polar surface area (TPSA) is 17.0 Å². The Morgan fingerprint density at radius 1 is 1.41 bits per heavy atom. The lowest BCUT2D eigenvalue weighted by molar-refractivity contribution is 0.463. The number of aromatic nitrogens is 1. The highest BCUT2D eigenvalue weighted by atomic mass is 35.5. The molecule has 0 amide bonds. The average molecular weight is 249 g/mol. The highest BCUT2D eigenvalue weighted by molar-refractivity contribution is 6.31. The van der Waals surface area contributed by atoms with E-state index >= 15 is 0 Å². The Bertz CT molecular complexity index is 538. The number of hydrogen-bond acceptors (Lipinski definition) is 1. The van der Waals surface area contributed by atoms with Crippen molar-refractivity contribution < 1.29 is 0 Å². The third kappa shape index (κ3) is 1.96. The first-order valence-corrected chi connectivity index (χ1v) is 6.58.